The fraction of sp³-hybridized carbons (Fsp3) is 0.412. The van der Waals surface area contributed by atoms with Gasteiger partial charge in [0.1, 0.15) is 6.33 Å². The number of hydrogen-bond acceptors (Lipinski definition) is 3. The van der Waals surface area contributed by atoms with Crippen molar-refractivity contribution in [2.75, 3.05) is 13.1 Å². The quantitative estimate of drug-likeness (QED) is 0.855. The van der Waals surface area contributed by atoms with Gasteiger partial charge in [0.25, 0.3) is 0 Å². The maximum atomic E-state index is 4.42. The molecule has 0 amide bonds. The predicted molar refractivity (Wildman–Crippen MR) is 80.5 cm³/mol. The van der Waals surface area contributed by atoms with Crippen molar-refractivity contribution in [1.29, 1.82) is 0 Å². The molecule has 3 heteroatoms. The van der Waals surface area contributed by atoms with Crippen LogP contribution in [-0.2, 0) is 6.54 Å². The summed E-state index contributed by atoms with van der Waals surface area (Å²) in [5, 5.41) is 0. The number of hydrogen-bond donors (Lipinski definition) is 0. The molecule has 0 N–H and O–H groups in total. The smallest absolute Gasteiger partial charge is 0.115 e. The lowest BCUT2D eigenvalue weighted by molar-refractivity contribution is 0.198. The van der Waals surface area contributed by atoms with E-state index in [1.807, 2.05) is 6.20 Å². The highest BCUT2D eigenvalue weighted by Crippen LogP contribution is 2.26. The zero-order chi connectivity index (χ0) is 13.8. The molecule has 1 aliphatic rings. The SMILES string of the molecule is Cc1ccccc1CN1CCC[C@@H](c2ccncn2)C1. The number of rotatable bonds is 3. The van der Waals surface area contributed by atoms with Crippen LogP contribution in [0.15, 0.2) is 42.9 Å². The molecule has 1 saturated heterocycles. The molecule has 1 atom stereocenters. The summed E-state index contributed by atoms with van der Waals surface area (Å²) in [7, 11) is 0. The highest BCUT2D eigenvalue weighted by atomic mass is 15.1. The fourth-order valence-electron chi connectivity index (χ4n) is 3.01. The monoisotopic (exact) mass is 267 g/mol. The third-order valence-electron chi connectivity index (χ3n) is 4.18. The third-order valence-corrected chi connectivity index (χ3v) is 4.18. The Balaban J connectivity index is 1.68. The minimum absolute atomic E-state index is 0.552. The molecule has 2 aromatic rings. The molecule has 3 rings (SSSR count). The standard InChI is InChI=1S/C17H21N3/c1-14-5-2-3-6-15(14)11-20-10-4-7-16(12-20)17-8-9-18-13-19-17/h2-3,5-6,8-9,13,16H,4,7,10-12H2,1H3/t16-/m1/s1. The van der Waals surface area contributed by atoms with Crippen molar-refractivity contribution >= 4 is 0 Å². The minimum atomic E-state index is 0.552. The van der Waals surface area contributed by atoms with Crippen LogP contribution in [0.3, 0.4) is 0 Å². The van der Waals surface area contributed by atoms with E-state index in [1.54, 1.807) is 6.33 Å². The summed E-state index contributed by atoms with van der Waals surface area (Å²) >= 11 is 0. The summed E-state index contributed by atoms with van der Waals surface area (Å²) in [6, 6.07) is 10.7. The highest BCUT2D eigenvalue weighted by molar-refractivity contribution is 5.25. The predicted octanol–water partition coefficient (Wildman–Crippen LogP) is 3.16. The van der Waals surface area contributed by atoms with Crippen LogP contribution in [0, 0.1) is 6.92 Å². The first kappa shape index (κ1) is 13.3. The zero-order valence-corrected chi connectivity index (χ0v) is 12.0. The maximum Gasteiger partial charge on any atom is 0.115 e. The number of benzene rings is 1. The Kier molecular flexibility index (Phi) is 4.07. The van der Waals surface area contributed by atoms with Gasteiger partial charge in [-0.2, -0.15) is 0 Å². The van der Waals surface area contributed by atoms with Crippen molar-refractivity contribution in [2.24, 2.45) is 0 Å². The average molecular weight is 267 g/mol. The Morgan fingerprint density at radius 3 is 2.95 bits per heavy atom. The zero-order valence-electron chi connectivity index (χ0n) is 12.0. The van der Waals surface area contributed by atoms with E-state index in [1.165, 1.54) is 36.2 Å². The number of nitrogens with zero attached hydrogens (tertiary/aromatic N) is 3. The Hall–Kier alpha value is -1.74. The van der Waals surface area contributed by atoms with Crippen molar-refractivity contribution in [3.63, 3.8) is 0 Å². The Morgan fingerprint density at radius 2 is 2.15 bits per heavy atom. The molecule has 0 bridgehead atoms. The molecule has 104 valence electrons. The van der Waals surface area contributed by atoms with Crippen LogP contribution in [-0.4, -0.2) is 28.0 Å². The van der Waals surface area contributed by atoms with Gasteiger partial charge in [-0.1, -0.05) is 24.3 Å². The summed E-state index contributed by atoms with van der Waals surface area (Å²) in [5.41, 5.74) is 4.02. The second-order valence-electron chi connectivity index (χ2n) is 5.63. The van der Waals surface area contributed by atoms with Gasteiger partial charge >= 0.3 is 0 Å². The Labute approximate surface area is 120 Å². The van der Waals surface area contributed by atoms with E-state index in [4.69, 9.17) is 0 Å². The van der Waals surface area contributed by atoms with Gasteiger partial charge in [-0.15, -0.1) is 0 Å². The van der Waals surface area contributed by atoms with E-state index in [-0.39, 0.29) is 0 Å². The maximum absolute atomic E-state index is 4.42. The van der Waals surface area contributed by atoms with Crippen molar-refractivity contribution in [1.82, 2.24) is 14.9 Å². The molecule has 1 aromatic heterocycles. The van der Waals surface area contributed by atoms with E-state index in [0.717, 1.165) is 13.1 Å². The van der Waals surface area contributed by atoms with Crippen molar-refractivity contribution in [3.8, 4) is 0 Å². The molecule has 0 saturated carbocycles. The van der Waals surface area contributed by atoms with Crippen molar-refractivity contribution in [3.05, 3.63) is 59.7 Å². The molecular formula is C17H21N3. The average Bonchev–Trinajstić information content (AvgIpc) is 2.51. The van der Waals surface area contributed by atoms with Gasteiger partial charge in [-0.05, 0) is 43.5 Å². The van der Waals surface area contributed by atoms with E-state index in [2.05, 4.69) is 52.1 Å². The molecule has 0 radical (unpaired) electrons. The molecular weight excluding hydrogens is 246 g/mol. The minimum Gasteiger partial charge on any atom is -0.298 e. The lowest BCUT2D eigenvalue weighted by atomic mass is 9.94. The molecule has 1 fully saturated rings. The van der Waals surface area contributed by atoms with Crippen LogP contribution in [0.1, 0.15) is 35.6 Å². The third kappa shape index (κ3) is 3.05. The van der Waals surface area contributed by atoms with Crippen LogP contribution < -0.4 is 0 Å². The molecule has 3 nitrogen and oxygen atoms in total. The lowest BCUT2D eigenvalue weighted by Gasteiger charge is -2.32. The van der Waals surface area contributed by atoms with E-state index in [9.17, 15) is 0 Å². The summed E-state index contributed by atoms with van der Waals surface area (Å²) in [4.78, 5) is 11.0. The van der Waals surface area contributed by atoms with E-state index in [0.29, 0.717) is 5.92 Å². The number of piperidine rings is 1. The fourth-order valence-corrected chi connectivity index (χ4v) is 3.01. The van der Waals surface area contributed by atoms with Crippen LogP contribution in [0.2, 0.25) is 0 Å². The molecule has 20 heavy (non-hydrogen) atoms. The topological polar surface area (TPSA) is 29.0 Å². The van der Waals surface area contributed by atoms with Crippen molar-refractivity contribution < 1.29 is 0 Å². The highest BCUT2D eigenvalue weighted by Gasteiger charge is 2.22. The van der Waals surface area contributed by atoms with Crippen LogP contribution in [0.4, 0.5) is 0 Å². The molecule has 1 aliphatic heterocycles. The summed E-state index contributed by atoms with van der Waals surface area (Å²) in [6.45, 7) is 5.54. The number of aryl methyl sites for hydroxylation is 1. The van der Waals surface area contributed by atoms with Gasteiger partial charge in [-0.25, -0.2) is 9.97 Å². The lowest BCUT2D eigenvalue weighted by Crippen LogP contribution is -2.34. The van der Waals surface area contributed by atoms with Gasteiger partial charge in [0, 0.05) is 30.9 Å². The van der Waals surface area contributed by atoms with Crippen LogP contribution >= 0.6 is 0 Å². The second-order valence-corrected chi connectivity index (χ2v) is 5.63. The van der Waals surface area contributed by atoms with Gasteiger partial charge in [-0.3, -0.25) is 4.90 Å². The first-order valence-electron chi connectivity index (χ1n) is 7.35. The summed E-state index contributed by atoms with van der Waals surface area (Å²) in [6.07, 6.45) is 6.00. The second kappa shape index (κ2) is 6.14. The largest absolute Gasteiger partial charge is 0.298 e. The number of likely N-dealkylation sites (tertiary alicyclic amines) is 1. The first-order valence-corrected chi connectivity index (χ1v) is 7.35. The van der Waals surface area contributed by atoms with Crippen molar-refractivity contribution in [2.45, 2.75) is 32.2 Å². The first-order chi connectivity index (χ1) is 9.83. The van der Waals surface area contributed by atoms with E-state index < -0.39 is 0 Å². The summed E-state index contributed by atoms with van der Waals surface area (Å²) in [5.74, 6) is 0.552. The van der Waals surface area contributed by atoms with Crippen LogP contribution in [0.25, 0.3) is 0 Å². The number of aromatic nitrogens is 2. The molecule has 2 heterocycles. The Bertz CT molecular complexity index is 553. The van der Waals surface area contributed by atoms with Gasteiger partial charge in [0.2, 0.25) is 0 Å². The van der Waals surface area contributed by atoms with Crippen LogP contribution in [0.5, 0.6) is 0 Å². The van der Waals surface area contributed by atoms with Gasteiger partial charge in [0.05, 0.1) is 0 Å². The molecule has 1 aromatic carbocycles. The molecule has 0 spiro atoms. The molecule has 0 aliphatic carbocycles. The van der Waals surface area contributed by atoms with E-state index >= 15 is 0 Å². The summed E-state index contributed by atoms with van der Waals surface area (Å²) < 4.78 is 0. The molecule has 0 unspecified atom stereocenters. The normalized spacial score (nSPS) is 19.9. The van der Waals surface area contributed by atoms with Gasteiger partial charge in [0.15, 0.2) is 0 Å². The van der Waals surface area contributed by atoms with Gasteiger partial charge < -0.3 is 0 Å². The Morgan fingerprint density at radius 1 is 1.25 bits per heavy atom.